The first-order valence-electron chi connectivity index (χ1n) is 10.9. The van der Waals surface area contributed by atoms with Gasteiger partial charge in [-0.25, -0.2) is 0 Å². The summed E-state index contributed by atoms with van der Waals surface area (Å²) in [6.07, 6.45) is 2.47. The van der Waals surface area contributed by atoms with Crippen molar-refractivity contribution in [3.05, 3.63) is 65.9 Å². The Morgan fingerprint density at radius 3 is 2.52 bits per heavy atom. The topological polar surface area (TPSA) is 65.6 Å². The number of amides is 2. The van der Waals surface area contributed by atoms with Crippen molar-refractivity contribution in [1.29, 1.82) is 0 Å². The van der Waals surface area contributed by atoms with Crippen LogP contribution in [0.15, 0.2) is 54.6 Å². The van der Waals surface area contributed by atoms with Crippen molar-refractivity contribution < 1.29 is 14.3 Å². The Labute approximate surface area is 182 Å². The number of ether oxygens (including phenoxy) is 1. The Kier molecular flexibility index (Phi) is 6.26. The summed E-state index contributed by atoms with van der Waals surface area (Å²) in [4.78, 5) is 33.3. The largest absolute Gasteiger partial charge is 0.497 e. The molecule has 0 radical (unpaired) electrons. The van der Waals surface area contributed by atoms with E-state index < -0.39 is 0 Å². The van der Waals surface area contributed by atoms with E-state index in [9.17, 15) is 9.59 Å². The zero-order chi connectivity index (χ0) is 21.8. The highest BCUT2D eigenvalue weighted by atomic mass is 16.5. The van der Waals surface area contributed by atoms with E-state index in [1.165, 1.54) is 0 Å². The molecule has 2 amide bonds. The van der Waals surface area contributed by atoms with E-state index in [2.05, 4.69) is 11.9 Å². The average Bonchev–Trinajstić information content (AvgIpc) is 3.26. The van der Waals surface area contributed by atoms with Gasteiger partial charge >= 0.3 is 0 Å². The normalized spacial score (nSPS) is 14.6. The van der Waals surface area contributed by atoms with Crippen molar-refractivity contribution >= 4 is 22.7 Å². The molecule has 0 atom stereocenters. The highest BCUT2D eigenvalue weighted by molar-refractivity contribution is 5.98. The highest BCUT2D eigenvalue weighted by Gasteiger charge is 2.30. The maximum Gasteiger partial charge on any atom is 0.270 e. The van der Waals surface area contributed by atoms with Crippen molar-refractivity contribution in [1.82, 2.24) is 14.8 Å². The average molecular weight is 420 g/mol. The molecular weight excluding hydrogens is 390 g/mol. The standard InChI is InChI=1S/C25H29N3O3/c1-3-13-28(25(30)23-16-19-9-10-21(31-2)17-22(19)26-23)20-11-14-27(15-12-20)24(29)18-7-5-4-6-8-18/h4-10,16-17,20,26H,3,11-15H2,1-2H3. The highest BCUT2D eigenvalue weighted by Crippen LogP contribution is 2.25. The molecule has 0 saturated carbocycles. The van der Waals surface area contributed by atoms with Gasteiger partial charge in [0.25, 0.3) is 11.8 Å². The Morgan fingerprint density at radius 2 is 1.84 bits per heavy atom. The second-order valence-electron chi connectivity index (χ2n) is 8.02. The van der Waals surface area contributed by atoms with Crippen molar-refractivity contribution in [3.63, 3.8) is 0 Å². The number of aromatic nitrogens is 1. The minimum atomic E-state index is 0.0184. The lowest BCUT2D eigenvalue weighted by molar-refractivity contribution is 0.0516. The monoisotopic (exact) mass is 419 g/mol. The van der Waals surface area contributed by atoms with E-state index in [1.54, 1.807) is 7.11 Å². The Bertz CT molecular complexity index is 1050. The number of benzene rings is 2. The molecule has 1 N–H and O–H groups in total. The molecule has 0 spiro atoms. The maximum absolute atomic E-state index is 13.4. The number of rotatable bonds is 6. The third-order valence-electron chi connectivity index (χ3n) is 6.00. The summed E-state index contributed by atoms with van der Waals surface area (Å²) in [7, 11) is 1.63. The van der Waals surface area contributed by atoms with Gasteiger partial charge in [-0.2, -0.15) is 0 Å². The van der Waals surface area contributed by atoms with Gasteiger partial charge in [-0.15, -0.1) is 0 Å². The first-order valence-corrected chi connectivity index (χ1v) is 10.9. The van der Waals surface area contributed by atoms with Crippen LogP contribution in [-0.2, 0) is 0 Å². The predicted molar refractivity (Wildman–Crippen MR) is 122 cm³/mol. The summed E-state index contributed by atoms with van der Waals surface area (Å²) in [5.74, 6) is 0.844. The second-order valence-corrected chi connectivity index (χ2v) is 8.02. The van der Waals surface area contributed by atoms with Crippen LogP contribution in [0.5, 0.6) is 5.75 Å². The Morgan fingerprint density at radius 1 is 1.10 bits per heavy atom. The number of likely N-dealkylation sites (tertiary alicyclic amines) is 1. The van der Waals surface area contributed by atoms with Gasteiger partial charge in [0.2, 0.25) is 0 Å². The summed E-state index contributed by atoms with van der Waals surface area (Å²) >= 11 is 0. The molecule has 31 heavy (non-hydrogen) atoms. The Hall–Kier alpha value is -3.28. The summed E-state index contributed by atoms with van der Waals surface area (Å²) in [5.41, 5.74) is 2.21. The number of carbonyl (C=O) groups is 2. The van der Waals surface area contributed by atoms with Crippen LogP contribution < -0.4 is 4.74 Å². The number of hydrogen-bond donors (Lipinski definition) is 1. The van der Waals surface area contributed by atoms with E-state index in [0.717, 1.165) is 41.5 Å². The van der Waals surface area contributed by atoms with Crippen LogP contribution in [0.1, 0.15) is 47.0 Å². The molecule has 2 aromatic carbocycles. The lowest BCUT2D eigenvalue weighted by atomic mass is 10.0. The number of aromatic amines is 1. The molecule has 6 nitrogen and oxygen atoms in total. The number of nitrogens with zero attached hydrogens (tertiary/aromatic N) is 2. The molecule has 1 fully saturated rings. The third kappa shape index (κ3) is 4.43. The molecule has 1 aromatic heterocycles. The molecule has 0 aliphatic carbocycles. The van der Waals surface area contributed by atoms with Crippen LogP contribution in [0.2, 0.25) is 0 Å². The van der Waals surface area contributed by atoms with Gasteiger partial charge in [0.05, 0.1) is 7.11 Å². The zero-order valence-corrected chi connectivity index (χ0v) is 18.1. The molecule has 1 aliphatic heterocycles. The molecule has 0 unspecified atom stereocenters. The van der Waals surface area contributed by atoms with Crippen molar-refractivity contribution in [3.8, 4) is 5.75 Å². The van der Waals surface area contributed by atoms with Crippen LogP contribution in [0.25, 0.3) is 10.9 Å². The molecule has 6 heteroatoms. The molecule has 4 rings (SSSR count). The van der Waals surface area contributed by atoms with Gasteiger partial charge in [0.1, 0.15) is 11.4 Å². The molecule has 162 valence electrons. The molecule has 1 aliphatic rings. The van der Waals surface area contributed by atoms with Gasteiger partial charge in [-0.05, 0) is 49.6 Å². The van der Waals surface area contributed by atoms with Crippen LogP contribution in [0, 0.1) is 0 Å². The van der Waals surface area contributed by atoms with Crippen LogP contribution in [0.4, 0.5) is 0 Å². The third-order valence-corrected chi connectivity index (χ3v) is 6.00. The molecule has 3 aromatic rings. The lowest BCUT2D eigenvalue weighted by Crippen LogP contribution is -2.49. The number of fused-ring (bicyclic) bond motifs is 1. The van der Waals surface area contributed by atoms with Gasteiger partial charge in [0, 0.05) is 48.2 Å². The van der Waals surface area contributed by atoms with Crippen LogP contribution in [-0.4, -0.2) is 59.4 Å². The quantitative estimate of drug-likeness (QED) is 0.647. The minimum absolute atomic E-state index is 0.0184. The van der Waals surface area contributed by atoms with E-state index in [1.807, 2.05) is 64.4 Å². The number of carbonyl (C=O) groups excluding carboxylic acids is 2. The second kappa shape index (κ2) is 9.25. The summed E-state index contributed by atoms with van der Waals surface area (Å²) in [5, 5.41) is 0.990. The van der Waals surface area contributed by atoms with E-state index in [0.29, 0.717) is 25.3 Å². The lowest BCUT2D eigenvalue weighted by Gasteiger charge is -2.38. The number of hydrogen-bond acceptors (Lipinski definition) is 3. The van der Waals surface area contributed by atoms with E-state index in [-0.39, 0.29) is 17.9 Å². The fraction of sp³-hybridized carbons (Fsp3) is 0.360. The summed E-state index contributed by atoms with van der Waals surface area (Å²) in [6.45, 7) is 4.12. The SMILES string of the molecule is CCCN(C(=O)c1cc2ccc(OC)cc2[nH]1)C1CCN(C(=O)c2ccccc2)CC1. The first kappa shape index (κ1) is 21.0. The van der Waals surface area contributed by atoms with Crippen LogP contribution in [0.3, 0.4) is 0 Å². The molecule has 0 bridgehead atoms. The van der Waals surface area contributed by atoms with Gasteiger partial charge in [0.15, 0.2) is 0 Å². The zero-order valence-electron chi connectivity index (χ0n) is 18.1. The smallest absolute Gasteiger partial charge is 0.270 e. The first-order chi connectivity index (χ1) is 15.1. The maximum atomic E-state index is 13.4. The minimum Gasteiger partial charge on any atom is -0.497 e. The summed E-state index contributed by atoms with van der Waals surface area (Å²) in [6, 6.07) is 17.2. The molecule has 1 saturated heterocycles. The number of piperidine rings is 1. The summed E-state index contributed by atoms with van der Waals surface area (Å²) < 4.78 is 5.29. The van der Waals surface area contributed by atoms with Crippen molar-refractivity contribution in [2.75, 3.05) is 26.7 Å². The van der Waals surface area contributed by atoms with Crippen LogP contribution >= 0.6 is 0 Å². The number of H-pyrrole nitrogens is 1. The van der Waals surface area contributed by atoms with Gasteiger partial charge in [-0.1, -0.05) is 25.1 Å². The van der Waals surface area contributed by atoms with E-state index in [4.69, 9.17) is 4.74 Å². The number of nitrogens with one attached hydrogen (secondary N) is 1. The fourth-order valence-corrected chi connectivity index (χ4v) is 4.34. The molecule has 2 heterocycles. The molecular formula is C25H29N3O3. The van der Waals surface area contributed by atoms with Gasteiger partial charge < -0.3 is 19.5 Å². The Balaban J connectivity index is 1.46. The van der Waals surface area contributed by atoms with Crippen molar-refractivity contribution in [2.24, 2.45) is 0 Å². The van der Waals surface area contributed by atoms with E-state index >= 15 is 0 Å². The van der Waals surface area contributed by atoms with Crippen molar-refractivity contribution in [2.45, 2.75) is 32.2 Å². The fourth-order valence-electron chi connectivity index (χ4n) is 4.34. The number of methoxy groups -OCH3 is 1. The predicted octanol–water partition coefficient (Wildman–Crippen LogP) is 4.33. The van der Waals surface area contributed by atoms with Gasteiger partial charge in [-0.3, -0.25) is 9.59 Å².